The molecule has 0 radical (unpaired) electrons. The molecule has 0 atom stereocenters. The first kappa shape index (κ1) is 15.3. The maximum absolute atomic E-state index is 12.2. The molecule has 4 heteroatoms. The molecular formula is C17H21NO3. The molecule has 1 amide bonds. The first-order valence-corrected chi connectivity index (χ1v) is 7.22. The van der Waals surface area contributed by atoms with Gasteiger partial charge < -0.3 is 9.64 Å². The Hall–Kier alpha value is -2.10. The van der Waals surface area contributed by atoms with Gasteiger partial charge in [0.15, 0.2) is 0 Å². The number of methoxy groups -OCH3 is 1. The van der Waals surface area contributed by atoms with Gasteiger partial charge in [0.2, 0.25) is 5.91 Å². The van der Waals surface area contributed by atoms with Crippen LogP contribution in [0.1, 0.15) is 24.0 Å². The number of benzene rings is 1. The molecule has 0 unspecified atom stereocenters. The summed E-state index contributed by atoms with van der Waals surface area (Å²) in [6.45, 7) is 3.24. The van der Waals surface area contributed by atoms with Gasteiger partial charge in [0.05, 0.1) is 13.0 Å². The smallest absolute Gasteiger partial charge is 0.308 e. The van der Waals surface area contributed by atoms with Crippen LogP contribution in [0.5, 0.6) is 0 Å². The molecule has 1 saturated heterocycles. The summed E-state index contributed by atoms with van der Waals surface area (Å²) in [7, 11) is 1.41. The van der Waals surface area contributed by atoms with Crippen molar-refractivity contribution in [2.45, 2.75) is 19.8 Å². The van der Waals surface area contributed by atoms with Crippen molar-refractivity contribution in [1.82, 2.24) is 4.90 Å². The summed E-state index contributed by atoms with van der Waals surface area (Å²) in [6.07, 6.45) is 4.82. The molecule has 0 aliphatic carbocycles. The van der Waals surface area contributed by atoms with Crippen molar-refractivity contribution < 1.29 is 14.3 Å². The number of carbonyl (C=O) groups is 2. The number of aryl methyl sites for hydroxylation is 1. The molecule has 1 aromatic rings. The Morgan fingerprint density at radius 1 is 1.24 bits per heavy atom. The molecule has 1 fully saturated rings. The maximum Gasteiger partial charge on any atom is 0.308 e. The second kappa shape index (κ2) is 7.07. The van der Waals surface area contributed by atoms with Crippen molar-refractivity contribution in [2.24, 2.45) is 5.92 Å². The van der Waals surface area contributed by atoms with Crippen LogP contribution in [0.3, 0.4) is 0 Å². The lowest BCUT2D eigenvalue weighted by Gasteiger charge is -2.29. The Bertz CT molecular complexity index is 543. The van der Waals surface area contributed by atoms with E-state index in [9.17, 15) is 9.59 Å². The molecule has 4 nitrogen and oxygen atoms in total. The molecule has 1 aliphatic rings. The molecule has 112 valence electrons. The van der Waals surface area contributed by atoms with E-state index in [1.54, 1.807) is 11.0 Å². The zero-order chi connectivity index (χ0) is 15.2. The number of amides is 1. The zero-order valence-electron chi connectivity index (χ0n) is 12.5. The third kappa shape index (κ3) is 3.94. The van der Waals surface area contributed by atoms with Crippen LogP contribution in [0.2, 0.25) is 0 Å². The fourth-order valence-electron chi connectivity index (χ4n) is 2.54. The summed E-state index contributed by atoms with van der Waals surface area (Å²) >= 11 is 0. The Morgan fingerprint density at radius 2 is 1.90 bits per heavy atom. The number of carbonyl (C=O) groups excluding carboxylic acids is 2. The van der Waals surface area contributed by atoms with Crippen LogP contribution in [0, 0.1) is 12.8 Å². The second-order valence-electron chi connectivity index (χ2n) is 5.31. The monoisotopic (exact) mass is 287 g/mol. The van der Waals surface area contributed by atoms with Gasteiger partial charge in [-0.2, -0.15) is 0 Å². The quantitative estimate of drug-likeness (QED) is 0.633. The lowest BCUT2D eigenvalue weighted by Crippen LogP contribution is -2.39. The van der Waals surface area contributed by atoms with Gasteiger partial charge in [-0.15, -0.1) is 0 Å². The summed E-state index contributed by atoms with van der Waals surface area (Å²) in [5, 5.41) is 0. The first-order valence-electron chi connectivity index (χ1n) is 7.22. The number of ether oxygens (including phenoxy) is 1. The van der Waals surface area contributed by atoms with Crippen LogP contribution in [0.25, 0.3) is 6.08 Å². The van der Waals surface area contributed by atoms with Crippen LogP contribution in [-0.4, -0.2) is 37.0 Å². The molecule has 1 heterocycles. The van der Waals surface area contributed by atoms with Gasteiger partial charge in [-0.25, -0.2) is 0 Å². The summed E-state index contributed by atoms with van der Waals surface area (Å²) in [4.78, 5) is 25.4. The Kier molecular flexibility index (Phi) is 5.14. The molecule has 0 aromatic heterocycles. The van der Waals surface area contributed by atoms with Crippen LogP contribution < -0.4 is 0 Å². The van der Waals surface area contributed by atoms with Gasteiger partial charge in [-0.05, 0) is 37.0 Å². The van der Waals surface area contributed by atoms with E-state index in [-0.39, 0.29) is 17.8 Å². The average Bonchev–Trinajstić information content (AvgIpc) is 2.53. The van der Waals surface area contributed by atoms with Crippen LogP contribution in [-0.2, 0) is 14.3 Å². The molecular weight excluding hydrogens is 266 g/mol. The van der Waals surface area contributed by atoms with Crippen LogP contribution >= 0.6 is 0 Å². The Labute approximate surface area is 125 Å². The lowest BCUT2D eigenvalue weighted by atomic mass is 9.97. The topological polar surface area (TPSA) is 46.6 Å². The van der Waals surface area contributed by atoms with E-state index in [1.807, 2.05) is 37.3 Å². The number of nitrogens with zero attached hydrogens (tertiary/aromatic N) is 1. The van der Waals surface area contributed by atoms with E-state index in [2.05, 4.69) is 0 Å². The van der Waals surface area contributed by atoms with Crippen molar-refractivity contribution >= 4 is 18.0 Å². The second-order valence-corrected chi connectivity index (χ2v) is 5.31. The van der Waals surface area contributed by atoms with Crippen molar-refractivity contribution in [1.29, 1.82) is 0 Å². The van der Waals surface area contributed by atoms with Gasteiger partial charge in [-0.3, -0.25) is 9.59 Å². The van der Waals surface area contributed by atoms with E-state index in [4.69, 9.17) is 4.74 Å². The average molecular weight is 287 g/mol. The summed E-state index contributed by atoms with van der Waals surface area (Å²) < 4.78 is 4.75. The molecule has 0 spiro atoms. The number of hydrogen-bond acceptors (Lipinski definition) is 3. The van der Waals surface area contributed by atoms with E-state index < -0.39 is 0 Å². The third-order valence-corrected chi connectivity index (χ3v) is 3.94. The van der Waals surface area contributed by atoms with Crippen molar-refractivity contribution in [3.63, 3.8) is 0 Å². The minimum Gasteiger partial charge on any atom is -0.469 e. The fraction of sp³-hybridized carbons (Fsp3) is 0.412. The van der Waals surface area contributed by atoms with E-state index in [0.717, 1.165) is 11.1 Å². The fourth-order valence-corrected chi connectivity index (χ4v) is 2.54. The van der Waals surface area contributed by atoms with Crippen LogP contribution in [0.4, 0.5) is 0 Å². The first-order chi connectivity index (χ1) is 10.1. The largest absolute Gasteiger partial charge is 0.469 e. The number of rotatable bonds is 3. The highest BCUT2D eigenvalue weighted by molar-refractivity contribution is 5.92. The van der Waals surface area contributed by atoms with Gasteiger partial charge in [0.1, 0.15) is 0 Å². The zero-order valence-corrected chi connectivity index (χ0v) is 12.5. The van der Waals surface area contributed by atoms with E-state index in [0.29, 0.717) is 25.9 Å². The lowest BCUT2D eigenvalue weighted by molar-refractivity contribution is -0.148. The highest BCUT2D eigenvalue weighted by Crippen LogP contribution is 2.19. The van der Waals surface area contributed by atoms with Crippen LogP contribution in [0.15, 0.2) is 30.3 Å². The van der Waals surface area contributed by atoms with Gasteiger partial charge >= 0.3 is 5.97 Å². The number of likely N-dealkylation sites (tertiary alicyclic amines) is 1. The highest BCUT2D eigenvalue weighted by Gasteiger charge is 2.26. The van der Waals surface area contributed by atoms with Gasteiger partial charge in [0.25, 0.3) is 0 Å². The summed E-state index contributed by atoms with van der Waals surface area (Å²) in [5.41, 5.74) is 2.20. The summed E-state index contributed by atoms with van der Waals surface area (Å²) in [6, 6.07) is 7.94. The molecule has 2 rings (SSSR count). The van der Waals surface area contributed by atoms with E-state index in [1.165, 1.54) is 7.11 Å². The van der Waals surface area contributed by atoms with E-state index >= 15 is 0 Å². The number of piperidine rings is 1. The minimum absolute atomic E-state index is 0.00145. The molecule has 0 N–H and O–H groups in total. The SMILES string of the molecule is COC(=O)C1CCN(C(=O)/C=C/c2ccccc2C)CC1. The van der Waals surface area contributed by atoms with Crippen molar-refractivity contribution in [3.8, 4) is 0 Å². The molecule has 1 aromatic carbocycles. The predicted octanol–water partition coefficient (Wildman–Crippen LogP) is 2.42. The minimum atomic E-state index is -0.169. The molecule has 0 saturated carbocycles. The number of esters is 1. The van der Waals surface area contributed by atoms with Crippen molar-refractivity contribution in [2.75, 3.05) is 20.2 Å². The van der Waals surface area contributed by atoms with Gasteiger partial charge in [-0.1, -0.05) is 24.3 Å². The molecule has 1 aliphatic heterocycles. The normalized spacial score (nSPS) is 16.2. The van der Waals surface area contributed by atoms with Crippen molar-refractivity contribution in [3.05, 3.63) is 41.5 Å². The predicted molar refractivity (Wildman–Crippen MR) is 81.5 cm³/mol. The molecule has 21 heavy (non-hydrogen) atoms. The maximum atomic E-state index is 12.2. The standard InChI is InChI=1S/C17H21NO3/c1-13-5-3-4-6-14(13)7-8-16(19)18-11-9-15(10-12-18)17(20)21-2/h3-8,15H,9-12H2,1-2H3/b8-7+. The third-order valence-electron chi connectivity index (χ3n) is 3.94. The Balaban J connectivity index is 1.91. The number of hydrogen-bond donors (Lipinski definition) is 0. The Morgan fingerprint density at radius 3 is 2.52 bits per heavy atom. The van der Waals surface area contributed by atoms with Gasteiger partial charge in [0, 0.05) is 19.2 Å². The highest BCUT2D eigenvalue weighted by atomic mass is 16.5. The summed E-state index contributed by atoms with van der Waals surface area (Å²) in [5.74, 6) is -0.237. The molecule has 0 bridgehead atoms.